The van der Waals surface area contributed by atoms with E-state index in [1.165, 1.54) is 0 Å². The zero-order valence-corrected chi connectivity index (χ0v) is 16.7. The number of methoxy groups -OCH3 is 1. The molecule has 0 fully saturated rings. The van der Waals surface area contributed by atoms with E-state index < -0.39 is 0 Å². The van der Waals surface area contributed by atoms with Crippen molar-refractivity contribution in [2.24, 2.45) is 5.41 Å². The molecule has 0 N–H and O–H groups in total. The van der Waals surface area contributed by atoms with Crippen LogP contribution in [0.4, 0.5) is 0 Å². The monoisotopic (exact) mass is 374 g/mol. The van der Waals surface area contributed by atoms with Crippen molar-refractivity contribution in [1.29, 1.82) is 0 Å². The lowest BCUT2D eigenvalue weighted by molar-refractivity contribution is -0.116. The van der Waals surface area contributed by atoms with Gasteiger partial charge in [0, 0.05) is 11.8 Å². The van der Waals surface area contributed by atoms with Gasteiger partial charge in [-0.1, -0.05) is 44.0 Å². The molecule has 0 spiro atoms. The second-order valence-corrected chi connectivity index (χ2v) is 7.58. The molecule has 0 radical (unpaired) electrons. The molecule has 26 heavy (non-hydrogen) atoms. The number of Topliss-reactive ketones (excluding diaryl/α,β-unsaturated/α-hetero) is 1. The Morgan fingerprint density at radius 2 is 2.12 bits per heavy atom. The molecule has 4 heteroatoms. The molecule has 3 nitrogen and oxygen atoms in total. The molecular formula is C22H27ClO3. The number of ether oxygens (including phenoxy) is 2. The molecule has 2 aliphatic carbocycles. The number of fused-ring (bicyclic) bond motifs is 3. The van der Waals surface area contributed by atoms with Gasteiger partial charge in [0.25, 0.3) is 0 Å². The minimum absolute atomic E-state index is 0.0579. The fourth-order valence-corrected chi connectivity index (χ4v) is 4.81. The zero-order chi connectivity index (χ0) is 18.9. The summed E-state index contributed by atoms with van der Waals surface area (Å²) in [6.07, 6.45) is 5.54. The van der Waals surface area contributed by atoms with Crippen LogP contribution in [0.2, 0.25) is 5.02 Å². The maximum atomic E-state index is 12.8. The van der Waals surface area contributed by atoms with Crippen molar-refractivity contribution in [3.8, 4) is 5.75 Å². The van der Waals surface area contributed by atoms with E-state index in [9.17, 15) is 4.79 Å². The molecule has 1 aromatic carbocycles. The molecule has 2 aliphatic rings. The summed E-state index contributed by atoms with van der Waals surface area (Å²) in [5, 5.41) is 0.664. The number of allylic oxidation sites excluding steroid dienone is 2. The van der Waals surface area contributed by atoms with Crippen LogP contribution in [0.1, 0.15) is 57.1 Å². The lowest BCUT2D eigenvalue weighted by atomic mass is 9.67. The van der Waals surface area contributed by atoms with Crippen molar-refractivity contribution in [3.05, 3.63) is 46.2 Å². The number of hydrogen-bond donors (Lipinski definition) is 0. The minimum Gasteiger partial charge on any atom is -0.495 e. The molecule has 1 aromatic rings. The van der Waals surface area contributed by atoms with Crippen molar-refractivity contribution in [2.75, 3.05) is 13.7 Å². The van der Waals surface area contributed by atoms with Gasteiger partial charge in [0.2, 0.25) is 0 Å². The van der Waals surface area contributed by atoms with E-state index in [0.717, 1.165) is 48.8 Å². The third-order valence-corrected chi connectivity index (χ3v) is 6.12. The molecule has 0 saturated heterocycles. The van der Waals surface area contributed by atoms with Gasteiger partial charge in [0.05, 0.1) is 24.3 Å². The van der Waals surface area contributed by atoms with Crippen LogP contribution in [0.5, 0.6) is 5.75 Å². The summed E-state index contributed by atoms with van der Waals surface area (Å²) in [5.74, 6) is 1.31. The lowest BCUT2D eigenvalue weighted by Crippen LogP contribution is -2.29. The van der Waals surface area contributed by atoms with Gasteiger partial charge in [-0.25, -0.2) is 0 Å². The molecule has 140 valence electrons. The number of hydrogen-bond acceptors (Lipinski definition) is 3. The molecule has 3 rings (SSSR count). The summed E-state index contributed by atoms with van der Waals surface area (Å²) in [6.45, 7) is 8.68. The number of carbonyl (C=O) groups excluding carboxylic acids is 1. The highest BCUT2D eigenvalue weighted by molar-refractivity contribution is 6.33. The smallest absolute Gasteiger partial charge is 0.166 e. The van der Waals surface area contributed by atoms with Crippen LogP contribution in [0, 0.1) is 5.41 Å². The second kappa shape index (κ2) is 7.48. The van der Waals surface area contributed by atoms with E-state index in [-0.39, 0.29) is 11.2 Å². The van der Waals surface area contributed by atoms with Crippen LogP contribution >= 0.6 is 11.6 Å². The average Bonchev–Trinajstić information content (AvgIpc) is 2.96. The van der Waals surface area contributed by atoms with Gasteiger partial charge in [-0.2, -0.15) is 0 Å². The standard InChI is InChI=1S/C22H27ClO3/c1-5-7-11-22-12-10-17(24)19(14(3)26-6-2)20(22)15-8-9-18(25-4)21(23)16(15)13-22/h8-9H,3,5-7,10-13H2,1-2,4H3. The molecule has 0 heterocycles. The first-order valence-electron chi connectivity index (χ1n) is 9.44. The molecule has 1 atom stereocenters. The summed E-state index contributed by atoms with van der Waals surface area (Å²) in [4.78, 5) is 12.8. The largest absolute Gasteiger partial charge is 0.495 e. The number of benzene rings is 1. The van der Waals surface area contributed by atoms with Crippen LogP contribution in [-0.4, -0.2) is 19.5 Å². The van der Waals surface area contributed by atoms with Crippen molar-refractivity contribution < 1.29 is 14.3 Å². The molecule has 1 unspecified atom stereocenters. The number of carbonyl (C=O) groups is 1. The van der Waals surface area contributed by atoms with Gasteiger partial charge in [-0.15, -0.1) is 0 Å². The van der Waals surface area contributed by atoms with E-state index in [0.29, 0.717) is 35.1 Å². The Kier molecular flexibility index (Phi) is 5.47. The highest BCUT2D eigenvalue weighted by Gasteiger charge is 2.48. The van der Waals surface area contributed by atoms with Crippen LogP contribution in [0.3, 0.4) is 0 Å². The summed E-state index contributed by atoms with van der Waals surface area (Å²) in [7, 11) is 1.63. The van der Waals surface area contributed by atoms with Crippen LogP contribution < -0.4 is 4.74 Å². The van der Waals surface area contributed by atoms with Crippen LogP contribution in [0.15, 0.2) is 30.0 Å². The number of ketones is 1. The first-order valence-corrected chi connectivity index (χ1v) is 9.82. The highest BCUT2D eigenvalue weighted by Crippen LogP contribution is 2.59. The van der Waals surface area contributed by atoms with Gasteiger partial charge in [-0.3, -0.25) is 4.79 Å². The summed E-state index contributed by atoms with van der Waals surface area (Å²) < 4.78 is 11.1. The fourth-order valence-electron chi connectivity index (χ4n) is 4.50. The summed E-state index contributed by atoms with van der Waals surface area (Å²) in [6, 6.07) is 3.94. The Bertz CT molecular complexity index is 778. The van der Waals surface area contributed by atoms with Crippen molar-refractivity contribution in [1.82, 2.24) is 0 Å². The number of halogens is 1. The fraction of sp³-hybridized carbons (Fsp3) is 0.500. The SMILES string of the molecule is C=C(OCC)C1=C2c3ccc(OC)c(Cl)c3CC2(CCCC)CCC1=O. The Morgan fingerprint density at radius 1 is 1.35 bits per heavy atom. The summed E-state index contributed by atoms with van der Waals surface area (Å²) in [5.41, 5.74) is 3.87. The number of unbranched alkanes of at least 4 members (excludes halogenated alkanes) is 1. The maximum absolute atomic E-state index is 12.8. The zero-order valence-electron chi connectivity index (χ0n) is 15.9. The first kappa shape index (κ1) is 19.0. The van der Waals surface area contributed by atoms with Gasteiger partial charge < -0.3 is 9.47 Å². The molecule has 0 amide bonds. The van der Waals surface area contributed by atoms with Gasteiger partial charge in [0.15, 0.2) is 5.78 Å². The van der Waals surface area contributed by atoms with Crippen molar-refractivity contribution in [3.63, 3.8) is 0 Å². The van der Waals surface area contributed by atoms with Gasteiger partial charge >= 0.3 is 0 Å². The van der Waals surface area contributed by atoms with E-state index >= 15 is 0 Å². The number of rotatable bonds is 7. The lowest BCUT2D eigenvalue weighted by Gasteiger charge is -2.36. The molecular weight excluding hydrogens is 348 g/mol. The Morgan fingerprint density at radius 3 is 2.77 bits per heavy atom. The average molecular weight is 375 g/mol. The van der Waals surface area contributed by atoms with Crippen LogP contribution in [0.25, 0.3) is 5.57 Å². The quantitative estimate of drug-likeness (QED) is 0.570. The molecule has 0 saturated carbocycles. The Balaban J connectivity index is 2.24. The second-order valence-electron chi connectivity index (χ2n) is 7.20. The Labute approximate surface area is 161 Å². The van der Waals surface area contributed by atoms with E-state index in [4.69, 9.17) is 21.1 Å². The highest BCUT2D eigenvalue weighted by atomic mass is 35.5. The summed E-state index contributed by atoms with van der Waals surface area (Å²) >= 11 is 6.65. The third-order valence-electron chi connectivity index (χ3n) is 5.71. The first-order chi connectivity index (χ1) is 12.5. The van der Waals surface area contributed by atoms with Gasteiger partial charge in [-0.05, 0) is 49.0 Å². The predicted molar refractivity (Wildman–Crippen MR) is 106 cm³/mol. The molecule has 0 bridgehead atoms. The third kappa shape index (κ3) is 2.96. The van der Waals surface area contributed by atoms with E-state index in [1.807, 2.05) is 19.1 Å². The van der Waals surface area contributed by atoms with E-state index in [2.05, 4.69) is 13.5 Å². The van der Waals surface area contributed by atoms with E-state index in [1.54, 1.807) is 7.11 Å². The maximum Gasteiger partial charge on any atom is 0.166 e. The van der Waals surface area contributed by atoms with Gasteiger partial charge in [0.1, 0.15) is 11.5 Å². The molecule has 0 aromatic heterocycles. The van der Waals surface area contributed by atoms with Crippen LogP contribution in [-0.2, 0) is 16.0 Å². The molecule has 0 aliphatic heterocycles. The van der Waals surface area contributed by atoms with Crippen molar-refractivity contribution in [2.45, 2.75) is 52.4 Å². The Hall–Kier alpha value is -1.74. The van der Waals surface area contributed by atoms with Crippen molar-refractivity contribution >= 4 is 23.0 Å². The minimum atomic E-state index is -0.0579. The predicted octanol–water partition coefficient (Wildman–Crippen LogP) is 5.75. The normalized spacial score (nSPS) is 21.5. The topological polar surface area (TPSA) is 35.5 Å².